The third-order valence-electron chi connectivity index (χ3n) is 5.36. The number of pyridine rings is 1. The number of nitrogens with one attached hydrogen (secondary N) is 1. The van der Waals surface area contributed by atoms with Gasteiger partial charge in [-0.3, -0.25) is 4.79 Å². The zero-order valence-corrected chi connectivity index (χ0v) is 17.5. The first kappa shape index (κ1) is 19.7. The quantitative estimate of drug-likeness (QED) is 0.587. The lowest BCUT2D eigenvalue weighted by Crippen LogP contribution is -2.51. The molecule has 2 heterocycles. The molecule has 0 unspecified atom stereocenters. The van der Waals surface area contributed by atoms with Gasteiger partial charge in [0.1, 0.15) is 12.4 Å². The Kier molecular flexibility index (Phi) is 6.06. The fraction of sp³-hybridized carbons (Fsp3) is 0.579. The fourth-order valence-corrected chi connectivity index (χ4v) is 11.1. The van der Waals surface area contributed by atoms with Gasteiger partial charge < -0.3 is 14.3 Å². The summed E-state index contributed by atoms with van der Waals surface area (Å²) in [5.41, 5.74) is 3.33. The minimum absolute atomic E-state index is 0.163. The van der Waals surface area contributed by atoms with Gasteiger partial charge in [-0.05, 0) is 35.0 Å². The van der Waals surface area contributed by atoms with Crippen molar-refractivity contribution < 1.29 is 9.53 Å². The van der Waals surface area contributed by atoms with Gasteiger partial charge in [-0.15, -0.1) is 0 Å². The van der Waals surface area contributed by atoms with Crippen LogP contribution in [0.1, 0.15) is 51.9 Å². The SMILES string of the molecule is COCNC(=O)c1cnc2c(ccn2[Si](C(C)C)(C(C)C)C(C)C)c1. The van der Waals surface area contributed by atoms with Crippen molar-refractivity contribution in [2.75, 3.05) is 13.8 Å². The second-order valence-electron chi connectivity index (χ2n) is 7.61. The van der Waals surface area contributed by atoms with Gasteiger partial charge in [-0.25, -0.2) is 4.98 Å². The van der Waals surface area contributed by atoms with Crippen LogP contribution in [0.15, 0.2) is 24.5 Å². The van der Waals surface area contributed by atoms with Gasteiger partial charge in [0.05, 0.1) is 5.56 Å². The number of hydrogen-bond acceptors (Lipinski definition) is 3. The van der Waals surface area contributed by atoms with Crippen LogP contribution in [0.2, 0.25) is 16.6 Å². The number of carbonyl (C=O) groups excluding carboxylic acids is 1. The molecule has 5 nitrogen and oxygen atoms in total. The Balaban J connectivity index is 2.55. The van der Waals surface area contributed by atoms with Crippen LogP contribution in [0.4, 0.5) is 0 Å². The van der Waals surface area contributed by atoms with Crippen LogP contribution in [-0.4, -0.2) is 37.2 Å². The van der Waals surface area contributed by atoms with Crippen molar-refractivity contribution in [3.05, 3.63) is 30.1 Å². The zero-order chi connectivity index (χ0) is 18.8. The topological polar surface area (TPSA) is 56.1 Å². The molecular formula is C19H31N3O2Si. The number of ether oxygens (including phenoxy) is 1. The Labute approximate surface area is 151 Å². The second-order valence-corrected chi connectivity index (χ2v) is 13.3. The molecule has 2 aromatic heterocycles. The van der Waals surface area contributed by atoms with Gasteiger partial charge in [0.25, 0.3) is 5.91 Å². The second kappa shape index (κ2) is 7.70. The molecule has 1 amide bonds. The molecule has 0 aromatic carbocycles. The lowest BCUT2D eigenvalue weighted by atomic mass is 10.2. The van der Waals surface area contributed by atoms with E-state index in [9.17, 15) is 4.79 Å². The summed E-state index contributed by atoms with van der Waals surface area (Å²) in [6.45, 7) is 14.2. The molecule has 0 bridgehead atoms. The Morgan fingerprint density at radius 1 is 1.20 bits per heavy atom. The minimum Gasteiger partial charge on any atom is -0.364 e. The standard InChI is InChI=1S/C19H31N3O2Si/c1-13(2)25(14(3)4,15(5)6)22-9-8-16-10-17(11-20-18(16)22)19(23)21-12-24-7/h8-11,13-15H,12H2,1-7H3,(H,21,23). The zero-order valence-electron chi connectivity index (χ0n) is 16.5. The number of rotatable bonds is 7. The van der Waals surface area contributed by atoms with Gasteiger partial charge >= 0.3 is 0 Å². The molecule has 0 aliphatic rings. The first-order chi connectivity index (χ1) is 11.8. The summed E-state index contributed by atoms with van der Waals surface area (Å²) in [5, 5.41) is 3.72. The fourth-order valence-electron chi connectivity index (χ4n) is 4.53. The molecule has 0 fully saturated rings. The molecule has 25 heavy (non-hydrogen) atoms. The van der Waals surface area contributed by atoms with Gasteiger partial charge in [-0.1, -0.05) is 41.5 Å². The first-order valence-electron chi connectivity index (χ1n) is 9.01. The van der Waals surface area contributed by atoms with E-state index in [-0.39, 0.29) is 12.6 Å². The largest absolute Gasteiger partial charge is 0.364 e. The number of amides is 1. The van der Waals surface area contributed by atoms with Crippen molar-refractivity contribution in [1.29, 1.82) is 0 Å². The molecule has 0 spiro atoms. The average Bonchev–Trinajstić information content (AvgIpc) is 2.95. The Bertz CT molecular complexity index is 716. The number of hydrogen-bond donors (Lipinski definition) is 1. The number of aromatic nitrogens is 2. The summed E-state index contributed by atoms with van der Waals surface area (Å²) in [6, 6.07) is 4.01. The molecule has 0 aliphatic heterocycles. The monoisotopic (exact) mass is 361 g/mol. The first-order valence-corrected chi connectivity index (χ1v) is 11.2. The van der Waals surface area contributed by atoms with Gasteiger partial charge in [0.15, 0.2) is 8.24 Å². The molecule has 0 atom stereocenters. The Hall–Kier alpha value is -1.66. The van der Waals surface area contributed by atoms with Crippen LogP contribution in [0.3, 0.4) is 0 Å². The van der Waals surface area contributed by atoms with Crippen molar-refractivity contribution in [3.8, 4) is 0 Å². The highest BCUT2D eigenvalue weighted by Gasteiger charge is 2.45. The number of nitrogens with zero attached hydrogens (tertiary/aromatic N) is 2. The van der Waals surface area contributed by atoms with E-state index in [1.54, 1.807) is 13.3 Å². The van der Waals surface area contributed by atoms with Gasteiger partial charge in [-0.2, -0.15) is 0 Å². The molecule has 0 aliphatic carbocycles. The van der Waals surface area contributed by atoms with E-state index in [1.807, 2.05) is 6.07 Å². The molecule has 138 valence electrons. The van der Waals surface area contributed by atoms with Crippen molar-refractivity contribution >= 4 is 25.2 Å². The van der Waals surface area contributed by atoms with Crippen molar-refractivity contribution in [2.24, 2.45) is 0 Å². The van der Waals surface area contributed by atoms with E-state index < -0.39 is 8.24 Å². The van der Waals surface area contributed by atoms with E-state index in [1.165, 1.54) is 0 Å². The average molecular weight is 362 g/mol. The lowest BCUT2D eigenvalue weighted by Gasteiger charge is -2.44. The van der Waals surface area contributed by atoms with E-state index >= 15 is 0 Å². The van der Waals surface area contributed by atoms with Crippen LogP contribution in [0, 0.1) is 0 Å². The molecule has 2 rings (SSSR count). The van der Waals surface area contributed by atoms with E-state index in [0.29, 0.717) is 22.2 Å². The van der Waals surface area contributed by atoms with Crippen LogP contribution in [0.25, 0.3) is 11.0 Å². The third-order valence-corrected chi connectivity index (χ3v) is 12.1. The predicted molar refractivity (Wildman–Crippen MR) is 106 cm³/mol. The smallest absolute Gasteiger partial charge is 0.254 e. The number of methoxy groups -OCH3 is 1. The summed E-state index contributed by atoms with van der Waals surface area (Å²) in [6.07, 6.45) is 3.85. The molecule has 0 saturated carbocycles. The van der Waals surface area contributed by atoms with Crippen LogP contribution in [0.5, 0.6) is 0 Å². The summed E-state index contributed by atoms with van der Waals surface area (Å²) in [4.78, 5) is 16.8. The molecule has 0 radical (unpaired) electrons. The van der Waals surface area contributed by atoms with E-state index in [2.05, 4.69) is 68.3 Å². The highest BCUT2D eigenvalue weighted by molar-refractivity contribution is 6.82. The van der Waals surface area contributed by atoms with E-state index in [0.717, 1.165) is 11.0 Å². The van der Waals surface area contributed by atoms with Crippen molar-refractivity contribution in [2.45, 2.75) is 58.2 Å². The molecule has 1 N–H and O–H groups in total. The van der Waals surface area contributed by atoms with Crippen LogP contribution < -0.4 is 5.32 Å². The van der Waals surface area contributed by atoms with Gasteiger partial charge in [0, 0.05) is 18.7 Å². The predicted octanol–water partition coefficient (Wildman–Crippen LogP) is 4.39. The normalized spacial score (nSPS) is 12.6. The molecule has 0 saturated heterocycles. The Morgan fingerprint density at radius 3 is 2.32 bits per heavy atom. The van der Waals surface area contributed by atoms with Gasteiger partial charge in [0.2, 0.25) is 0 Å². The van der Waals surface area contributed by atoms with E-state index in [4.69, 9.17) is 4.74 Å². The number of carbonyl (C=O) groups is 1. The summed E-state index contributed by atoms with van der Waals surface area (Å²) >= 11 is 0. The highest BCUT2D eigenvalue weighted by atomic mass is 28.3. The molecule has 2 aromatic rings. The maximum Gasteiger partial charge on any atom is 0.254 e. The van der Waals surface area contributed by atoms with Crippen molar-refractivity contribution in [1.82, 2.24) is 14.5 Å². The highest BCUT2D eigenvalue weighted by Crippen LogP contribution is 2.43. The Morgan fingerprint density at radius 2 is 1.80 bits per heavy atom. The summed E-state index contributed by atoms with van der Waals surface area (Å²) < 4.78 is 7.36. The maximum absolute atomic E-state index is 12.1. The van der Waals surface area contributed by atoms with Crippen LogP contribution >= 0.6 is 0 Å². The summed E-state index contributed by atoms with van der Waals surface area (Å²) in [5.74, 6) is -0.163. The lowest BCUT2D eigenvalue weighted by molar-refractivity contribution is 0.0872. The maximum atomic E-state index is 12.1. The van der Waals surface area contributed by atoms with Crippen LogP contribution in [-0.2, 0) is 4.74 Å². The third kappa shape index (κ3) is 3.37. The number of fused-ring (bicyclic) bond motifs is 1. The molecular weight excluding hydrogens is 330 g/mol. The molecule has 6 heteroatoms. The van der Waals surface area contributed by atoms with Crippen molar-refractivity contribution in [3.63, 3.8) is 0 Å². The minimum atomic E-state index is -1.85. The summed E-state index contributed by atoms with van der Waals surface area (Å²) in [7, 11) is -0.296.